The quantitative estimate of drug-likeness (QED) is 0.783. The molecule has 0 amide bonds. The zero-order valence-corrected chi connectivity index (χ0v) is 14.6. The van der Waals surface area contributed by atoms with Crippen LogP contribution in [0.2, 0.25) is 18.1 Å². The monoisotopic (exact) mass is 282 g/mol. The van der Waals surface area contributed by atoms with E-state index in [0.29, 0.717) is 6.61 Å². The first-order valence-electron chi connectivity index (χ1n) is 7.09. The molecule has 0 aromatic heterocycles. The van der Waals surface area contributed by atoms with Crippen molar-refractivity contribution in [2.45, 2.75) is 65.3 Å². The molecule has 1 fully saturated rings. The van der Waals surface area contributed by atoms with E-state index in [1.165, 1.54) is 0 Å². The summed E-state index contributed by atoms with van der Waals surface area (Å²) in [7, 11) is -1.71. The van der Waals surface area contributed by atoms with Crippen molar-refractivity contribution in [3.8, 4) is 0 Å². The Balaban J connectivity index is 2.72. The molecule has 0 bridgehead atoms. The predicted molar refractivity (Wildman–Crippen MR) is 84.8 cm³/mol. The van der Waals surface area contributed by atoms with E-state index in [1.807, 2.05) is 6.08 Å². The Morgan fingerprint density at radius 2 is 1.95 bits per heavy atom. The number of aliphatic hydroxyl groups is 1. The highest BCUT2D eigenvalue weighted by atomic mass is 28.4. The van der Waals surface area contributed by atoms with Gasteiger partial charge < -0.3 is 9.53 Å². The van der Waals surface area contributed by atoms with E-state index in [2.05, 4.69) is 54.3 Å². The Labute approximate surface area is 119 Å². The van der Waals surface area contributed by atoms with Crippen LogP contribution in [0, 0.1) is 5.41 Å². The van der Waals surface area contributed by atoms with Gasteiger partial charge in [0.2, 0.25) is 0 Å². The zero-order chi connectivity index (χ0) is 15.1. The molecule has 3 heteroatoms. The van der Waals surface area contributed by atoms with Gasteiger partial charge >= 0.3 is 0 Å². The fourth-order valence-corrected chi connectivity index (χ4v) is 3.11. The third-order valence-corrected chi connectivity index (χ3v) is 9.17. The standard InChI is InChI=1S/C16H30O2Si/c1-12-11-16(5,6)14(17)13(12)9-10-18-19(7,8)15(2,3)4/h9,14,17H,1,10-11H2,2-8H3/b13-9-. The molecule has 0 aliphatic heterocycles. The van der Waals surface area contributed by atoms with Crippen LogP contribution < -0.4 is 0 Å². The Hall–Kier alpha value is -0.383. The normalized spacial score (nSPS) is 26.2. The molecule has 1 rings (SSSR count). The lowest BCUT2D eigenvalue weighted by atomic mass is 9.88. The minimum absolute atomic E-state index is 0.0973. The second kappa shape index (κ2) is 5.19. The van der Waals surface area contributed by atoms with Gasteiger partial charge in [0.05, 0.1) is 12.7 Å². The summed E-state index contributed by atoms with van der Waals surface area (Å²) < 4.78 is 6.13. The SMILES string of the molecule is C=C1CC(C)(C)C(O)/C1=C\CO[Si](C)(C)C(C)(C)C. The molecule has 0 heterocycles. The Morgan fingerprint density at radius 3 is 2.32 bits per heavy atom. The van der Waals surface area contributed by atoms with E-state index >= 15 is 0 Å². The molecule has 0 spiro atoms. The lowest BCUT2D eigenvalue weighted by Crippen LogP contribution is -2.40. The van der Waals surface area contributed by atoms with Gasteiger partial charge in [0, 0.05) is 0 Å². The minimum atomic E-state index is -1.71. The van der Waals surface area contributed by atoms with E-state index in [4.69, 9.17) is 4.43 Å². The van der Waals surface area contributed by atoms with E-state index in [-0.39, 0.29) is 10.5 Å². The molecule has 1 saturated carbocycles. The van der Waals surface area contributed by atoms with E-state index in [9.17, 15) is 5.11 Å². The molecule has 1 unspecified atom stereocenters. The first-order valence-corrected chi connectivity index (χ1v) is 9.99. The van der Waals surface area contributed by atoms with Crippen molar-refractivity contribution in [1.29, 1.82) is 0 Å². The van der Waals surface area contributed by atoms with Gasteiger partial charge in [-0.2, -0.15) is 0 Å². The summed E-state index contributed by atoms with van der Waals surface area (Å²) in [6.45, 7) is 20.0. The van der Waals surface area contributed by atoms with Crippen molar-refractivity contribution in [2.24, 2.45) is 5.41 Å². The fourth-order valence-electron chi connectivity index (χ4n) is 2.18. The van der Waals surface area contributed by atoms with Gasteiger partial charge in [-0.3, -0.25) is 0 Å². The summed E-state index contributed by atoms with van der Waals surface area (Å²) >= 11 is 0. The van der Waals surface area contributed by atoms with Gasteiger partial charge in [0.15, 0.2) is 8.32 Å². The van der Waals surface area contributed by atoms with Crippen LogP contribution in [0.1, 0.15) is 41.0 Å². The van der Waals surface area contributed by atoms with Gasteiger partial charge in [-0.25, -0.2) is 0 Å². The highest BCUT2D eigenvalue weighted by Crippen LogP contribution is 2.44. The van der Waals surface area contributed by atoms with Crippen molar-refractivity contribution < 1.29 is 9.53 Å². The maximum Gasteiger partial charge on any atom is 0.192 e. The molecule has 110 valence electrons. The third kappa shape index (κ3) is 3.59. The van der Waals surface area contributed by atoms with Gasteiger partial charge in [-0.05, 0) is 41.1 Å². The van der Waals surface area contributed by atoms with E-state index in [1.54, 1.807) is 0 Å². The van der Waals surface area contributed by atoms with Crippen molar-refractivity contribution in [1.82, 2.24) is 0 Å². The molecule has 19 heavy (non-hydrogen) atoms. The maximum atomic E-state index is 10.3. The van der Waals surface area contributed by atoms with E-state index in [0.717, 1.165) is 17.6 Å². The summed E-state index contributed by atoms with van der Waals surface area (Å²) in [5.74, 6) is 0. The van der Waals surface area contributed by atoms with Crippen LogP contribution >= 0.6 is 0 Å². The van der Waals surface area contributed by atoms with Crippen molar-refractivity contribution in [2.75, 3.05) is 6.61 Å². The van der Waals surface area contributed by atoms with Gasteiger partial charge in [0.1, 0.15) is 0 Å². The molecule has 0 saturated heterocycles. The second-order valence-corrected chi connectivity index (χ2v) is 12.7. The summed E-state index contributed by atoms with van der Waals surface area (Å²) in [6.07, 6.45) is 2.48. The molecular weight excluding hydrogens is 252 g/mol. The number of aliphatic hydroxyl groups excluding tert-OH is 1. The Morgan fingerprint density at radius 1 is 1.42 bits per heavy atom. The molecule has 0 aromatic rings. The van der Waals surface area contributed by atoms with Crippen molar-refractivity contribution in [3.63, 3.8) is 0 Å². The fraction of sp³-hybridized carbons (Fsp3) is 0.750. The van der Waals surface area contributed by atoms with Crippen LogP contribution in [0.4, 0.5) is 0 Å². The minimum Gasteiger partial charge on any atom is -0.413 e. The largest absolute Gasteiger partial charge is 0.413 e. The smallest absolute Gasteiger partial charge is 0.192 e. The average Bonchev–Trinajstić information content (AvgIpc) is 2.38. The molecule has 0 aromatic carbocycles. The lowest BCUT2D eigenvalue weighted by Gasteiger charge is -2.35. The third-order valence-electron chi connectivity index (χ3n) is 4.67. The van der Waals surface area contributed by atoms with Crippen LogP contribution in [0.5, 0.6) is 0 Å². The molecule has 1 aliphatic rings. The number of rotatable bonds is 3. The molecule has 2 nitrogen and oxygen atoms in total. The van der Waals surface area contributed by atoms with Crippen LogP contribution in [-0.4, -0.2) is 26.1 Å². The topological polar surface area (TPSA) is 29.5 Å². The molecule has 0 radical (unpaired) electrons. The van der Waals surface area contributed by atoms with Crippen molar-refractivity contribution in [3.05, 3.63) is 23.8 Å². The first kappa shape index (κ1) is 16.7. The molecule has 1 aliphatic carbocycles. The number of hydrogen-bond donors (Lipinski definition) is 1. The summed E-state index contributed by atoms with van der Waals surface area (Å²) in [5.41, 5.74) is 1.93. The van der Waals surface area contributed by atoms with Gasteiger partial charge in [-0.15, -0.1) is 0 Å². The summed E-state index contributed by atoms with van der Waals surface area (Å²) in [4.78, 5) is 0. The van der Waals surface area contributed by atoms with Crippen molar-refractivity contribution >= 4 is 8.32 Å². The highest BCUT2D eigenvalue weighted by Gasteiger charge is 2.40. The molecule has 1 N–H and O–H groups in total. The highest BCUT2D eigenvalue weighted by molar-refractivity contribution is 6.74. The van der Waals surface area contributed by atoms with Crippen LogP contribution in [0.3, 0.4) is 0 Å². The predicted octanol–water partition coefficient (Wildman–Crippen LogP) is 4.28. The summed E-state index contributed by atoms with van der Waals surface area (Å²) in [5, 5.41) is 10.5. The number of hydrogen-bond acceptors (Lipinski definition) is 2. The first-order chi connectivity index (χ1) is 8.38. The Bertz CT molecular complexity index is 386. The average molecular weight is 282 g/mol. The van der Waals surface area contributed by atoms with Crippen LogP contribution in [-0.2, 0) is 4.43 Å². The molecular formula is C16H30O2Si. The summed E-state index contributed by atoms with van der Waals surface area (Å²) in [6, 6.07) is 0. The Kier molecular flexibility index (Phi) is 4.55. The van der Waals surface area contributed by atoms with Crippen LogP contribution in [0.15, 0.2) is 23.8 Å². The van der Waals surface area contributed by atoms with Crippen LogP contribution in [0.25, 0.3) is 0 Å². The second-order valence-electron chi connectivity index (χ2n) is 7.90. The lowest BCUT2D eigenvalue weighted by molar-refractivity contribution is 0.104. The zero-order valence-electron chi connectivity index (χ0n) is 13.6. The van der Waals surface area contributed by atoms with E-state index < -0.39 is 14.4 Å². The van der Waals surface area contributed by atoms with Gasteiger partial charge in [-0.1, -0.05) is 47.3 Å². The molecule has 1 atom stereocenters. The van der Waals surface area contributed by atoms with Gasteiger partial charge in [0.25, 0.3) is 0 Å². The maximum absolute atomic E-state index is 10.3.